The topological polar surface area (TPSA) is 68.4 Å². The highest BCUT2D eigenvalue weighted by molar-refractivity contribution is 8.33. The van der Waals surface area contributed by atoms with E-state index in [1.54, 1.807) is 0 Å². The number of hydrogen-bond acceptors (Lipinski definition) is 5. The van der Waals surface area contributed by atoms with Gasteiger partial charge in [0.15, 0.2) is 5.17 Å². The summed E-state index contributed by atoms with van der Waals surface area (Å²) in [7, 11) is 0. The molecule has 1 aromatic rings. The first kappa shape index (κ1) is 17.1. The van der Waals surface area contributed by atoms with Crippen molar-refractivity contribution < 1.29 is 0 Å². The van der Waals surface area contributed by atoms with Gasteiger partial charge in [0, 0.05) is 43.6 Å². The maximum atomic E-state index is 7.21. The van der Waals surface area contributed by atoms with Crippen LogP contribution in [-0.2, 0) is 0 Å². The van der Waals surface area contributed by atoms with Crippen LogP contribution >= 0.6 is 24.0 Å². The van der Waals surface area contributed by atoms with E-state index in [4.69, 9.17) is 23.4 Å². The maximum absolute atomic E-state index is 7.21. The summed E-state index contributed by atoms with van der Waals surface area (Å²) in [4.78, 5) is 4.91. The van der Waals surface area contributed by atoms with Crippen LogP contribution in [0.4, 0.5) is 11.4 Å². The number of thioether (sulfide) groups is 1. The third-order valence-corrected chi connectivity index (χ3v) is 4.59. The molecule has 1 saturated heterocycles. The zero-order chi connectivity index (χ0) is 16.1. The van der Waals surface area contributed by atoms with Gasteiger partial charge in [-0.15, -0.1) is 0 Å². The minimum atomic E-state index is -0.00264. The van der Waals surface area contributed by atoms with Crippen molar-refractivity contribution in [2.75, 3.05) is 36.4 Å². The Morgan fingerprint density at radius 3 is 2.32 bits per heavy atom. The first-order chi connectivity index (χ1) is 10.5. The highest BCUT2D eigenvalue weighted by Crippen LogP contribution is 2.21. The summed E-state index contributed by atoms with van der Waals surface area (Å²) in [6, 6.07) is 8.85. The predicted molar refractivity (Wildman–Crippen MR) is 101 cm³/mol. The second-order valence-corrected chi connectivity index (χ2v) is 7.26. The quantitative estimate of drug-likeness (QED) is 0.447. The van der Waals surface area contributed by atoms with Gasteiger partial charge < -0.3 is 16.0 Å². The van der Waals surface area contributed by atoms with Crippen molar-refractivity contribution in [1.82, 2.24) is 4.90 Å². The first-order valence-corrected chi connectivity index (χ1v) is 8.60. The molecular weight excluding hydrogens is 314 g/mol. The van der Waals surface area contributed by atoms with Crippen molar-refractivity contribution in [3.63, 3.8) is 0 Å². The highest BCUT2D eigenvalue weighted by atomic mass is 32.2. The summed E-state index contributed by atoms with van der Waals surface area (Å²) in [5, 5.41) is 10.3. The Kier molecular flexibility index (Phi) is 6.05. The van der Waals surface area contributed by atoms with Gasteiger partial charge in [-0.05, 0) is 49.9 Å². The van der Waals surface area contributed by atoms with E-state index in [0.29, 0.717) is 10.4 Å². The lowest BCUT2D eigenvalue weighted by Crippen LogP contribution is -2.48. The minimum Gasteiger partial charge on any atom is -0.378 e. The molecule has 0 amide bonds. The number of piperazine rings is 1. The van der Waals surface area contributed by atoms with Crippen LogP contribution in [0, 0.1) is 5.41 Å². The van der Waals surface area contributed by atoms with Gasteiger partial charge in [0.05, 0.1) is 0 Å². The molecule has 5 nitrogen and oxygen atoms in total. The second-order valence-electron chi connectivity index (χ2n) is 5.54. The zero-order valence-corrected chi connectivity index (χ0v) is 14.6. The molecule has 22 heavy (non-hydrogen) atoms. The van der Waals surface area contributed by atoms with Gasteiger partial charge in [-0.2, -0.15) is 0 Å². The van der Waals surface area contributed by atoms with E-state index in [1.165, 1.54) is 5.69 Å². The third kappa shape index (κ3) is 4.86. The average Bonchev–Trinajstić information content (AvgIpc) is 2.47. The number of hydrogen-bond donors (Lipinski definition) is 3. The number of anilines is 2. The predicted octanol–water partition coefficient (Wildman–Crippen LogP) is 2.54. The zero-order valence-electron chi connectivity index (χ0n) is 13.0. The molecule has 1 aliphatic rings. The van der Waals surface area contributed by atoms with Crippen LogP contribution in [0.3, 0.4) is 0 Å². The summed E-state index contributed by atoms with van der Waals surface area (Å²) >= 11 is 6.17. The molecule has 7 heteroatoms. The SMILES string of the molecule is CC(C)N1CCN(c2ccc(NC(=S)SC(=N)N)cc2)CC1. The molecule has 0 bridgehead atoms. The third-order valence-electron chi connectivity index (χ3n) is 3.73. The Balaban J connectivity index is 1.90. The van der Waals surface area contributed by atoms with Crippen molar-refractivity contribution in [1.29, 1.82) is 5.41 Å². The Bertz CT molecular complexity index is 521. The average molecular weight is 338 g/mol. The number of nitrogens with one attached hydrogen (secondary N) is 2. The monoisotopic (exact) mass is 337 g/mol. The van der Waals surface area contributed by atoms with Gasteiger partial charge in [0.25, 0.3) is 0 Å². The number of nitrogens with two attached hydrogens (primary N) is 1. The van der Waals surface area contributed by atoms with Crippen molar-refractivity contribution >= 4 is 44.8 Å². The van der Waals surface area contributed by atoms with E-state index < -0.39 is 0 Å². The number of nitrogens with zero attached hydrogens (tertiary/aromatic N) is 2. The van der Waals surface area contributed by atoms with E-state index >= 15 is 0 Å². The Morgan fingerprint density at radius 2 is 1.82 bits per heavy atom. The molecule has 0 aliphatic carbocycles. The summed E-state index contributed by atoms with van der Waals surface area (Å²) in [5.41, 5.74) is 7.46. The lowest BCUT2D eigenvalue weighted by molar-refractivity contribution is 0.209. The molecule has 120 valence electrons. The number of thiocarbonyl (C=S) groups is 1. The summed E-state index contributed by atoms with van der Waals surface area (Å²) in [6.07, 6.45) is 0. The van der Waals surface area contributed by atoms with Crippen molar-refractivity contribution in [2.45, 2.75) is 19.9 Å². The van der Waals surface area contributed by atoms with Gasteiger partial charge in [-0.25, -0.2) is 0 Å². The van der Waals surface area contributed by atoms with Crippen LogP contribution in [0.15, 0.2) is 24.3 Å². The van der Waals surface area contributed by atoms with E-state index in [-0.39, 0.29) is 5.17 Å². The summed E-state index contributed by atoms with van der Waals surface area (Å²) < 4.78 is 0.491. The first-order valence-electron chi connectivity index (χ1n) is 7.37. The van der Waals surface area contributed by atoms with Crippen LogP contribution in [0.25, 0.3) is 0 Å². The number of rotatable bonds is 3. The maximum Gasteiger partial charge on any atom is 0.158 e. The van der Waals surface area contributed by atoms with Crippen LogP contribution in [0.2, 0.25) is 0 Å². The smallest absolute Gasteiger partial charge is 0.158 e. The minimum absolute atomic E-state index is 0.00264. The van der Waals surface area contributed by atoms with Gasteiger partial charge in [-0.3, -0.25) is 10.3 Å². The fraction of sp³-hybridized carbons (Fsp3) is 0.467. The molecule has 0 spiro atoms. The molecule has 0 unspecified atom stereocenters. The van der Waals surface area contributed by atoms with Gasteiger partial charge >= 0.3 is 0 Å². The second kappa shape index (κ2) is 7.80. The van der Waals surface area contributed by atoms with Gasteiger partial charge in [0.2, 0.25) is 0 Å². The standard InChI is InChI=1S/C15H23N5S2/c1-11(2)19-7-9-20(10-8-19)13-5-3-12(4-6-13)18-15(21)22-14(16)17/h3-6,11H,7-10H2,1-2H3,(H3,16,17)(H,18,21). The number of amidine groups is 1. The fourth-order valence-electron chi connectivity index (χ4n) is 2.50. The van der Waals surface area contributed by atoms with E-state index in [2.05, 4.69) is 41.1 Å². The van der Waals surface area contributed by atoms with Crippen LogP contribution in [0.1, 0.15) is 13.8 Å². The molecular formula is C15H23N5S2. The van der Waals surface area contributed by atoms with Gasteiger partial charge in [-0.1, -0.05) is 12.2 Å². The molecule has 1 aliphatic heterocycles. The normalized spacial score (nSPS) is 15.9. The molecule has 2 rings (SSSR count). The number of benzene rings is 1. The highest BCUT2D eigenvalue weighted by Gasteiger charge is 2.18. The van der Waals surface area contributed by atoms with E-state index in [1.807, 2.05) is 12.1 Å². The Labute approximate surface area is 141 Å². The lowest BCUT2D eigenvalue weighted by Gasteiger charge is -2.38. The van der Waals surface area contributed by atoms with Crippen molar-refractivity contribution in [3.8, 4) is 0 Å². The van der Waals surface area contributed by atoms with Crippen molar-refractivity contribution in [3.05, 3.63) is 24.3 Å². The summed E-state index contributed by atoms with van der Waals surface area (Å²) in [5.74, 6) is 0. The van der Waals surface area contributed by atoms with Crippen molar-refractivity contribution in [2.24, 2.45) is 5.73 Å². The molecule has 0 radical (unpaired) electrons. The summed E-state index contributed by atoms with van der Waals surface area (Å²) in [6.45, 7) is 8.83. The largest absolute Gasteiger partial charge is 0.378 e. The van der Waals surface area contributed by atoms with Crippen LogP contribution in [0.5, 0.6) is 0 Å². The lowest BCUT2D eigenvalue weighted by atomic mass is 10.2. The molecule has 1 heterocycles. The van der Waals surface area contributed by atoms with E-state index in [9.17, 15) is 0 Å². The Hall–Kier alpha value is -1.31. The fourth-order valence-corrected chi connectivity index (χ4v) is 3.25. The van der Waals surface area contributed by atoms with Gasteiger partial charge in [0.1, 0.15) is 4.32 Å². The molecule has 0 atom stereocenters. The molecule has 4 N–H and O–H groups in total. The van der Waals surface area contributed by atoms with Crippen LogP contribution < -0.4 is 16.0 Å². The van der Waals surface area contributed by atoms with E-state index in [0.717, 1.165) is 43.6 Å². The molecule has 1 aromatic carbocycles. The van der Waals surface area contributed by atoms with Crippen LogP contribution in [-0.4, -0.2) is 46.6 Å². The molecule has 1 fully saturated rings. The molecule has 0 saturated carbocycles. The Morgan fingerprint density at radius 1 is 1.23 bits per heavy atom. The molecule has 0 aromatic heterocycles.